The highest BCUT2D eigenvalue weighted by Gasteiger charge is 2.02. The van der Waals surface area contributed by atoms with Gasteiger partial charge in [0.05, 0.1) is 0 Å². The predicted molar refractivity (Wildman–Crippen MR) is 97.8 cm³/mol. The van der Waals surface area contributed by atoms with Crippen molar-refractivity contribution >= 4 is 0 Å². The number of hydrogen-bond acceptors (Lipinski definition) is 1. The van der Waals surface area contributed by atoms with E-state index >= 15 is 0 Å². The van der Waals surface area contributed by atoms with Crippen molar-refractivity contribution in [1.29, 1.82) is 0 Å². The van der Waals surface area contributed by atoms with Crippen LogP contribution < -0.4 is 5.73 Å². The Bertz CT molecular complexity index is 179. The molecule has 0 rings (SSSR count). The van der Waals surface area contributed by atoms with E-state index in [9.17, 15) is 0 Å². The van der Waals surface area contributed by atoms with Gasteiger partial charge in [-0.05, 0) is 12.8 Å². The lowest BCUT2D eigenvalue weighted by molar-refractivity contribution is 0.481. The zero-order valence-corrected chi connectivity index (χ0v) is 15.2. The number of unbranched alkanes of at least 4 members (excludes halogenated alkanes) is 13. The van der Waals surface area contributed by atoms with E-state index < -0.39 is 0 Å². The molecule has 0 aliphatic carbocycles. The normalized spacial score (nSPS) is 12.7. The van der Waals surface area contributed by atoms with Gasteiger partial charge in [0.2, 0.25) is 0 Å². The van der Waals surface area contributed by atoms with Crippen molar-refractivity contribution in [3.63, 3.8) is 0 Å². The van der Waals surface area contributed by atoms with Gasteiger partial charge >= 0.3 is 0 Å². The fourth-order valence-electron chi connectivity index (χ4n) is 3.05. The first-order valence-corrected chi connectivity index (χ1v) is 10.1. The van der Waals surface area contributed by atoms with Crippen LogP contribution in [0.3, 0.4) is 0 Å². The summed E-state index contributed by atoms with van der Waals surface area (Å²) in [7, 11) is 0. The topological polar surface area (TPSA) is 26.0 Å². The third-order valence-electron chi connectivity index (χ3n) is 4.61. The van der Waals surface area contributed by atoms with E-state index in [4.69, 9.17) is 5.73 Å². The second-order valence-electron chi connectivity index (χ2n) is 6.93. The Hall–Kier alpha value is -0.0400. The SMILES string of the molecule is CCCCCCCCCCC(N)CCCCCCCCC. The van der Waals surface area contributed by atoms with Crippen LogP contribution in [0.5, 0.6) is 0 Å². The lowest BCUT2D eigenvalue weighted by atomic mass is 10.0. The fraction of sp³-hybridized carbons (Fsp3) is 1.00. The molecular weight excluding hydrogens is 254 g/mol. The molecule has 0 aromatic rings. The van der Waals surface area contributed by atoms with Crippen molar-refractivity contribution in [3.05, 3.63) is 0 Å². The lowest BCUT2D eigenvalue weighted by Crippen LogP contribution is -2.19. The highest BCUT2D eigenvalue weighted by atomic mass is 14.6. The Morgan fingerprint density at radius 3 is 1.10 bits per heavy atom. The van der Waals surface area contributed by atoms with Crippen LogP contribution in [0.1, 0.15) is 123 Å². The van der Waals surface area contributed by atoms with Gasteiger partial charge in [-0.15, -0.1) is 0 Å². The number of rotatable bonds is 17. The van der Waals surface area contributed by atoms with E-state index in [-0.39, 0.29) is 0 Å². The molecule has 128 valence electrons. The summed E-state index contributed by atoms with van der Waals surface area (Å²) in [5.41, 5.74) is 6.22. The molecule has 0 heterocycles. The van der Waals surface area contributed by atoms with Crippen molar-refractivity contribution in [2.45, 2.75) is 129 Å². The van der Waals surface area contributed by atoms with Gasteiger partial charge in [0.1, 0.15) is 0 Å². The zero-order valence-electron chi connectivity index (χ0n) is 15.2. The Morgan fingerprint density at radius 2 is 0.762 bits per heavy atom. The third kappa shape index (κ3) is 17.9. The molecule has 0 fully saturated rings. The monoisotopic (exact) mass is 297 g/mol. The zero-order chi connectivity index (χ0) is 15.6. The van der Waals surface area contributed by atoms with Crippen molar-refractivity contribution < 1.29 is 0 Å². The van der Waals surface area contributed by atoms with E-state index in [1.807, 2.05) is 0 Å². The summed E-state index contributed by atoms with van der Waals surface area (Å²) >= 11 is 0. The molecule has 2 N–H and O–H groups in total. The highest BCUT2D eigenvalue weighted by molar-refractivity contribution is 4.62. The fourth-order valence-corrected chi connectivity index (χ4v) is 3.05. The van der Waals surface area contributed by atoms with Crippen molar-refractivity contribution in [2.75, 3.05) is 0 Å². The molecule has 1 unspecified atom stereocenters. The summed E-state index contributed by atoms with van der Waals surface area (Å²) < 4.78 is 0. The standard InChI is InChI=1S/C20H43N/c1-3-5-7-9-11-13-15-17-19-20(21)18-16-14-12-10-8-6-4-2/h20H,3-19,21H2,1-2H3. The minimum absolute atomic E-state index is 0.473. The molecule has 0 radical (unpaired) electrons. The molecule has 0 aliphatic rings. The first kappa shape index (κ1) is 21.0. The molecule has 1 nitrogen and oxygen atoms in total. The van der Waals surface area contributed by atoms with Crippen molar-refractivity contribution in [1.82, 2.24) is 0 Å². The van der Waals surface area contributed by atoms with Crippen molar-refractivity contribution in [2.24, 2.45) is 5.73 Å². The van der Waals surface area contributed by atoms with Crippen LogP contribution in [0.4, 0.5) is 0 Å². The predicted octanol–water partition coefficient (Wildman–Crippen LogP) is 6.99. The van der Waals surface area contributed by atoms with Crippen LogP contribution in [0.25, 0.3) is 0 Å². The van der Waals surface area contributed by atoms with Crippen molar-refractivity contribution in [3.8, 4) is 0 Å². The van der Waals surface area contributed by atoms with Gasteiger partial charge in [0.25, 0.3) is 0 Å². The average molecular weight is 298 g/mol. The molecule has 0 saturated heterocycles. The molecule has 0 amide bonds. The summed E-state index contributed by atoms with van der Waals surface area (Å²) in [5.74, 6) is 0. The van der Waals surface area contributed by atoms with Crippen LogP contribution in [0, 0.1) is 0 Å². The average Bonchev–Trinajstić information content (AvgIpc) is 2.49. The molecule has 1 atom stereocenters. The molecule has 0 bridgehead atoms. The Labute approximate surface area is 135 Å². The molecule has 1 heteroatoms. The van der Waals surface area contributed by atoms with E-state index in [0.29, 0.717) is 6.04 Å². The molecule has 0 saturated carbocycles. The van der Waals surface area contributed by atoms with Gasteiger partial charge in [0, 0.05) is 6.04 Å². The van der Waals surface area contributed by atoms with Gasteiger partial charge in [-0.25, -0.2) is 0 Å². The quantitative estimate of drug-likeness (QED) is 0.288. The van der Waals surface area contributed by atoms with E-state index in [0.717, 1.165) is 0 Å². The lowest BCUT2D eigenvalue weighted by Gasteiger charge is -2.11. The maximum absolute atomic E-state index is 6.22. The molecule has 21 heavy (non-hydrogen) atoms. The first-order valence-electron chi connectivity index (χ1n) is 10.1. The summed E-state index contributed by atoms with van der Waals surface area (Å²) in [6, 6.07) is 0.473. The maximum atomic E-state index is 6.22. The van der Waals surface area contributed by atoms with Crippen LogP contribution in [0.15, 0.2) is 0 Å². The van der Waals surface area contributed by atoms with Gasteiger partial charge in [-0.3, -0.25) is 0 Å². The van der Waals surface area contributed by atoms with Crippen LogP contribution >= 0.6 is 0 Å². The summed E-state index contributed by atoms with van der Waals surface area (Å²) in [6.07, 6.45) is 23.6. The van der Waals surface area contributed by atoms with Gasteiger partial charge in [-0.1, -0.05) is 110 Å². The van der Waals surface area contributed by atoms with Crippen LogP contribution in [-0.4, -0.2) is 6.04 Å². The minimum atomic E-state index is 0.473. The molecule has 0 aromatic heterocycles. The second kappa shape index (κ2) is 18.0. The number of hydrogen-bond donors (Lipinski definition) is 1. The Kier molecular flexibility index (Phi) is 18.0. The molecule has 0 aromatic carbocycles. The number of nitrogens with two attached hydrogens (primary N) is 1. The maximum Gasteiger partial charge on any atom is 0.00388 e. The molecule has 0 spiro atoms. The van der Waals surface area contributed by atoms with Gasteiger partial charge in [0.15, 0.2) is 0 Å². The summed E-state index contributed by atoms with van der Waals surface area (Å²) in [6.45, 7) is 4.57. The van der Waals surface area contributed by atoms with Gasteiger partial charge in [-0.2, -0.15) is 0 Å². The summed E-state index contributed by atoms with van der Waals surface area (Å²) in [5, 5.41) is 0. The van der Waals surface area contributed by atoms with Crippen LogP contribution in [-0.2, 0) is 0 Å². The second-order valence-corrected chi connectivity index (χ2v) is 6.93. The Balaban J connectivity index is 3.11. The molecular formula is C20H43N. The third-order valence-corrected chi connectivity index (χ3v) is 4.61. The molecule has 0 aliphatic heterocycles. The highest BCUT2D eigenvalue weighted by Crippen LogP contribution is 2.13. The van der Waals surface area contributed by atoms with Gasteiger partial charge < -0.3 is 5.73 Å². The van der Waals surface area contributed by atoms with E-state index in [1.54, 1.807) is 0 Å². The minimum Gasteiger partial charge on any atom is -0.328 e. The first-order chi connectivity index (χ1) is 10.3. The Morgan fingerprint density at radius 1 is 0.476 bits per heavy atom. The van der Waals surface area contributed by atoms with E-state index in [1.165, 1.54) is 109 Å². The van der Waals surface area contributed by atoms with E-state index in [2.05, 4.69) is 13.8 Å². The smallest absolute Gasteiger partial charge is 0.00388 e. The van der Waals surface area contributed by atoms with Crippen LogP contribution in [0.2, 0.25) is 0 Å². The largest absolute Gasteiger partial charge is 0.328 e. The summed E-state index contributed by atoms with van der Waals surface area (Å²) in [4.78, 5) is 0.